The van der Waals surface area contributed by atoms with E-state index in [1.54, 1.807) is 18.5 Å². The molecule has 8 nitrogen and oxygen atoms in total. The fraction of sp³-hybridized carbons (Fsp3) is 0.381. The summed E-state index contributed by atoms with van der Waals surface area (Å²) in [5.74, 6) is 4.12. The lowest BCUT2D eigenvalue weighted by molar-refractivity contribution is 0.186. The zero-order valence-corrected chi connectivity index (χ0v) is 16.9. The Morgan fingerprint density at radius 2 is 1.83 bits per heavy atom. The van der Waals surface area contributed by atoms with Crippen LogP contribution < -0.4 is 0 Å². The number of benzene rings is 1. The van der Waals surface area contributed by atoms with Crippen molar-refractivity contribution in [1.82, 2.24) is 34.3 Å². The van der Waals surface area contributed by atoms with Gasteiger partial charge < -0.3 is 9.67 Å². The predicted molar refractivity (Wildman–Crippen MR) is 108 cm³/mol. The summed E-state index contributed by atoms with van der Waals surface area (Å²) in [5.41, 5.74) is 3.15. The van der Waals surface area contributed by atoms with Gasteiger partial charge in [0, 0.05) is 24.9 Å². The van der Waals surface area contributed by atoms with Gasteiger partial charge in [0.05, 0.1) is 16.7 Å². The first-order chi connectivity index (χ1) is 13.9. The molecule has 1 aromatic carbocycles. The lowest BCUT2D eigenvalue weighted by atomic mass is 10.2. The number of hydrogen-bond acceptors (Lipinski definition) is 6. The van der Waals surface area contributed by atoms with Gasteiger partial charge in [-0.2, -0.15) is 4.68 Å². The van der Waals surface area contributed by atoms with Gasteiger partial charge in [0.1, 0.15) is 23.6 Å². The highest BCUT2D eigenvalue weighted by Crippen LogP contribution is 2.54. The Kier molecular flexibility index (Phi) is 3.99. The topological polar surface area (TPSA) is 94.5 Å². The largest absolute Gasteiger partial charge is 0.385 e. The van der Waals surface area contributed by atoms with Crippen LogP contribution >= 0.6 is 0 Å². The minimum absolute atomic E-state index is 0.297. The summed E-state index contributed by atoms with van der Waals surface area (Å²) in [7, 11) is 2.07. The summed E-state index contributed by atoms with van der Waals surface area (Å²) < 4.78 is 3.80. The van der Waals surface area contributed by atoms with Crippen molar-refractivity contribution in [3.8, 4) is 5.82 Å². The molecular formula is C21H23N7O. The Morgan fingerprint density at radius 3 is 2.59 bits per heavy atom. The van der Waals surface area contributed by atoms with Crippen molar-refractivity contribution in [2.75, 3.05) is 0 Å². The second kappa shape index (κ2) is 6.45. The molecule has 1 aliphatic carbocycles. The summed E-state index contributed by atoms with van der Waals surface area (Å²) in [5, 5.41) is 14.5. The van der Waals surface area contributed by atoms with E-state index < -0.39 is 6.10 Å². The van der Waals surface area contributed by atoms with Crippen molar-refractivity contribution in [1.29, 1.82) is 0 Å². The number of aryl methyl sites for hydroxylation is 3. The third-order valence-corrected chi connectivity index (χ3v) is 5.50. The molecule has 0 bridgehead atoms. The minimum Gasteiger partial charge on any atom is -0.385 e. The molecule has 1 N–H and O–H groups in total. The fourth-order valence-electron chi connectivity index (χ4n) is 4.05. The number of aliphatic hydroxyl groups is 1. The summed E-state index contributed by atoms with van der Waals surface area (Å²) in [4.78, 5) is 18.4. The van der Waals surface area contributed by atoms with Gasteiger partial charge in [0.25, 0.3) is 0 Å². The summed E-state index contributed by atoms with van der Waals surface area (Å²) in [6, 6.07) is 10.2. The molecule has 148 valence electrons. The maximum atomic E-state index is 10.1. The first kappa shape index (κ1) is 17.9. The molecule has 0 radical (unpaired) electrons. The first-order valence-electron chi connectivity index (χ1n) is 9.81. The molecule has 0 amide bonds. The highest BCUT2D eigenvalue weighted by molar-refractivity contribution is 5.76. The smallest absolute Gasteiger partial charge is 0.162 e. The monoisotopic (exact) mass is 389 g/mol. The number of hydrogen-bond donors (Lipinski definition) is 1. The molecule has 4 aromatic rings. The van der Waals surface area contributed by atoms with E-state index in [9.17, 15) is 5.11 Å². The van der Waals surface area contributed by atoms with Gasteiger partial charge in [-0.25, -0.2) is 19.9 Å². The van der Waals surface area contributed by atoms with Gasteiger partial charge in [-0.3, -0.25) is 0 Å². The molecule has 1 saturated carbocycles. The van der Waals surface area contributed by atoms with Crippen molar-refractivity contribution in [3.05, 3.63) is 59.3 Å². The maximum Gasteiger partial charge on any atom is 0.162 e. The second-order valence-corrected chi connectivity index (χ2v) is 7.77. The van der Waals surface area contributed by atoms with Crippen LogP contribution in [0.15, 0.2) is 30.3 Å². The first-order valence-corrected chi connectivity index (χ1v) is 9.81. The minimum atomic E-state index is -0.733. The molecule has 1 fully saturated rings. The molecule has 3 atom stereocenters. The van der Waals surface area contributed by atoms with Gasteiger partial charge in [0.2, 0.25) is 0 Å². The molecule has 3 aromatic heterocycles. The molecule has 0 saturated heterocycles. The van der Waals surface area contributed by atoms with Crippen molar-refractivity contribution in [2.24, 2.45) is 7.05 Å². The normalized spacial score (nSPS) is 19.6. The molecular weight excluding hydrogens is 366 g/mol. The van der Waals surface area contributed by atoms with Crippen molar-refractivity contribution in [3.63, 3.8) is 0 Å². The Hall–Kier alpha value is -3.13. The standard InChI is InChI=1S/C21H23N7O/c1-11(29)20-24-13(3)26-28(20)19-10-17(22-12(2)23-19)14-9-15(14)21-25-16-7-5-6-8-18(16)27(21)4/h5-8,10-11,14-15,29H,9H2,1-4H3/t11-,14-,15-/m1/s1. The van der Waals surface area contributed by atoms with Gasteiger partial charge >= 0.3 is 0 Å². The fourth-order valence-corrected chi connectivity index (χ4v) is 4.05. The SMILES string of the molecule is Cc1nc([C@@H]2C[C@H]2c2nc3ccccc3n2C)cc(-n2nc(C)nc2[C@@H](C)O)n1. The van der Waals surface area contributed by atoms with E-state index in [0.29, 0.717) is 35.1 Å². The van der Waals surface area contributed by atoms with Gasteiger partial charge in [0.15, 0.2) is 11.6 Å². The van der Waals surface area contributed by atoms with Gasteiger partial charge in [-0.1, -0.05) is 12.1 Å². The van der Waals surface area contributed by atoms with Crippen molar-refractivity contribution >= 4 is 11.0 Å². The number of fused-ring (bicyclic) bond motifs is 1. The Labute approximate surface area is 168 Å². The Balaban J connectivity index is 1.51. The average Bonchev–Trinajstić information content (AvgIpc) is 3.28. The Morgan fingerprint density at radius 1 is 1.03 bits per heavy atom. The maximum absolute atomic E-state index is 10.1. The average molecular weight is 389 g/mol. The Bertz CT molecular complexity index is 1220. The van der Waals surface area contributed by atoms with Crippen molar-refractivity contribution < 1.29 is 5.11 Å². The zero-order chi connectivity index (χ0) is 20.3. The van der Waals surface area contributed by atoms with E-state index in [1.165, 1.54) is 0 Å². The quantitative estimate of drug-likeness (QED) is 0.577. The van der Waals surface area contributed by atoms with Crippen LogP contribution in [-0.2, 0) is 7.05 Å². The summed E-state index contributed by atoms with van der Waals surface area (Å²) in [6.07, 6.45) is 0.274. The molecule has 1 aliphatic rings. The predicted octanol–water partition coefficient (Wildman–Crippen LogP) is 2.89. The van der Waals surface area contributed by atoms with Crippen LogP contribution in [0.4, 0.5) is 0 Å². The van der Waals surface area contributed by atoms with Crippen LogP contribution in [0.3, 0.4) is 0 Å². The molecule has 0 unspecified atom stereocenters. The van der Waals surface area contributed by atoms with Gasteiger partial charge in [-0.05, 0) is 39.3 Å². The molecule has 5 rings (SSSR count). The third-order valence-electron chi connectivity index (χ3n) is 5.50. The number of imidazole rings is 1. The van der Waals surface area contributed by atoms with Crippen molar-refractivity contribution in [2.45, 2.75) is 45.1 Å². The molecule has 0 aliphatic heterocycles. The molecule has 3 heterocycles. The van der Waals surface area contributed by atoms with E-state index in [0.717, 1.165) is 29.0 Å². The van der Waals surface area contributed by atoms with Crippen LogP contribution in [0.25, 0.3) is 16.9 Å². The highest BCUT2D eigenvalue weighted by Gasteiger charge is 2.44. The summed E-state index contributed by atoms with van der Waals surface area (Å²) in [6.45, 7) is 5.36. The van der Waals surface area contributed by atoms with Crippen LogP contribution in [0, 0.1) is 13.8 Å². The molecule has 8 heteroatoms. The summed E-state index contributed by atoms with van der Waals surface area (Å²) >= 11 is 0. The number of para-hydroxylation sites is 2. The van der Waals surface area contributed by atoms with E-state index in [1.807, 2.05) is 31.2 Å². The van der Waals surface area contributed by atoms with E-state index in [-0.39, 0.29) is 0 Å². The zero-order valence-electron chi connectivity index (χ0n) is 16.9. The van der Waals surface area contributed by atoms with Crippen LogP contribution in [-0.4, -0.2) is 39.4 Å². The number of rotatable bonds is 4. The second-order valence-electron chi connectivity index (χ2n) is 7.77. The van der Waals surface area contributed by atoms with E-state index in [2.05, 4.69) is 37.7 Å². The molecule has 0 spiro atoms. The van der Waals surface area contributed by atoms with E-state index >= 15 is 0 Å². The van der Waals surface area contributed by atoms with Gasteiger partial charge in [-0.15, -0.1) is 5.10 Å². The van der Waals surface area contributed by atoms with Crippen LogP contribution in [0.1, 0.15) is 60.3 Å². The van der Waals surface area contributed by atoms with Crippen LogP contribution in [0.5, 0.6) is 0 Å². The number of nitrogens with zero attached hydrogens (tertiary/aromatic N) is 7. The highest BCUT2D eigenvalue weighted by atomic mass is 16.3. The lowest BCUT2D eigenvalue weighted by Gasteiger charge is -2.09. The van der Waals surface area contributed by atoms with E-state index in [4.69, 9.17) is 4.98 Å². The molecule has 29 heavy (non-hydrogen) atoms. The lowest BCUT2D eigenvalue weighted by Crippen LogP contribution is -2.10. The number of aliphatic hydroxyl groups excluding tert-OH is 1. The number of aromatic nitrogens is 7. The van der Waals surface area contributed by atoms with Crippen LogP contribution in [0.2, 0.25) is 0 Å². The third kappa shape index (κ3) is 3.00.